The highest BCUT2D eigenvalue weighted by Gasteiger charge is 2.51. The standard InChI is InChI=1S/C18H14O5/c1-21-12-7-6-9(8-13(12)22-2)16(19)15-10-4-3-5-11-14(10)17(15)23-18(11)20/h3-8,15,17H,1-2H3. The lowest BCUT2D eigenvalue weighted by Gasteiger charge is -2.33. The molecule has 5 nitrogen and oxygen atoms in total. The molecule has 0 radical (unpaired) electrons. The van der Waals surface area contributed by atoms with Crippen LogP contribution in [0.4, 0.5) is 0 Å². The summed E-state index contributed by atoms with van der Waals surface area (Å²) >= 11 is 0. The molecule has 0 saturated carbocycles. The monoisotopic (exact) mass is 310 g/mol. The summed E-state index contributed by atoms with van der Waals surface area (Å²) in [5.41, 5.74) is 2.81. The Kier molecular flexibility index (Phi) is 2.91. The molecule has 0 amide bonds. The summed E-state index contributed by atoms with van der Waals surface area (Å²) in [6, 6.07) is 10.4. The maximum atomic E-state index is 12.9. The lowest BCUT2D eigenvalue weighted by Crippen LogP contribution is -2.30. The maximum absolute atomic E-state index is 12.9. The van der Waals surface area contributed by atoms with Gasteiger partial charge in [0.25, 0.3) is 0 Å². The number of Topliss-reactive ketones (excluding diaryl/α,β-unsaturated/α-hetero) is 1. The van der Waals surface area contributed by atoms with Crippen molar-refractivity contribution in [3.05, 3.63) is 58.7 Å². The summed E-state index contributed by atoms with van der Waals surface area (Å²) in [6.45, 7) is 0. The van der Waals surface area contributed by atoms with E-state index in [9.17, 15) is 9.59 Å². The van der Waals surface area contributed by atoms with Gasteiger partial charge in [0.05, 0.1) is 25.7 Å². The third kappa shape index (κ3) is 1.79. The second-order valence-corrected chi connectivity index (χ2v) is 5.55. The molecule has 0 spiro atoms. The van der Waals surface area contributed by atoms with E-state index < -0.39 is 12.0 Å². The van der Waals surface area contributed by atoms with Crippen LogP contribution in [0.2, 0.25) is 0 Å². The molecule has 0 bridgehead atoms. The Balaban J connectivity index is 1.72. The largest absolute Gasteiger partial charge is 0.493 e. The Labute approximate surface area is 132 Å². The van der Waals surface area contributed by atoms with E-state index in [4.69, 9.17) is 14.2 Å². The second-order valence-electron chi connectivity index (χ2n) is 5.55. The molecule has 5 heteroatoms. The average molecular weight is 310 g/mol. The zero-order valence-electron chi connectivity index (χ0n) is 12.7. The summed E-state index contributed by atoms with van der Waals surface area (Å²) in [7, 11) is 3.07. The molecule has 2 aliphatic rings. The fourth-order valence-corrected chi connectivity index (χ4v) is 3.34. The highest BCUT2D eigenvalue weighted by Crippen LogP contribution is 2.54. The van der Waals surface area contributed by atoms with Crippen molar-refractivity contribution < 1.29 is 23.8 Å². The van der Waals surface area contributed by atoms with Crippen LogP contribution in [0, 0.1) is 0 Å². The minimum atomic E-state index is -0.464. The van der Waals surface area contributed by atoms with Crippen LogP contribution in [0.15, 0.2) is 36.4 Å². The molecule has 23 heavy (non-hydrogen) atoms. The lowest BCUT2D eigenvalue weighted by molar-refractivity contribution is 0.0268. The smallest absolute Gasteiger partial charge is 0.339 e. The van der Waals surface area contributed by atoms with Gasteiger partial charge in [-0.15, -0.1) is 0 Å². The molecule has 2 aromatic carbocycles. The van der Waals surface area contributed by atoms with Gasteiger partial charge in [0.2, 0.25) is 0 Å². The molecule has 0 saturated heterocycles. The van der Waals surface area contributed by atoms with E-state index in [1.807, 2.05) is 6.07 Å². The van der Waals surface area contributed by atoms with E-state index >= 15 is 0 Å². The molecule has 116 valence electrons. The molecule has 1 heterocycles. The van der Waals surface area contributed by atoms with Crippen molar-refractivity contribution in [2.75, 3.05) is 14.2 Å². The molecule has 2 unspecified atom stereocenters. The summed E-state index contributed by atoms with van der Waals surface area (Å²) in [5.74, 6) is 0.168. The molecule has 1 aliphatic heterocycles. The van der Waals surface area contributed by atoms with E-state index in [1.54, 1.807) is 37.4 Å². The van der Waals surface area contributed by atoms with Crippen LogP contribution in [0.3, 0.4) is 0 Å². The van der Waals surface area contributed by atoms with Gasteiger partial charge in [-0.05, 0) is 29.8 Å². The van der Waals surface area contributed by atoms with Crippen molar-refractivity contribution in [1.82, 2.24) is 0 Å². The number of hydrogen-bond donors (Lipinski definition) is 0. The predicted octanol–water partition coefficient (Wildman–Crippen LogP) is 2.90. The van der Waals surface area contributed by atoms with Crippen molar-refractivity contribution in [2.45, 2.75) is 12.0 Å². The fraction of sp³-hybridized carbons (Fsp3) is 0.222. The van der Waals surface area contributed by atoms with Crippen molar-refractivity contribution >= 4 is 11.8 Å². The Morgan fingerprint density at radius 1 is 1.09 bits per heavy atom. The van der Waals surface area contributed by atoms with Gasteiger partial charge in [0.1, 0.15) is 6.10 Å². The third-order valence-electron chi connectivity index (χ3n) is 4.47. The molecule has 2 atom stereocenters. The van der Waals surface area contributed by atoms with Crippen molar-refractivity contribution in [2.24, 2.45) is 0 Å². The van der Waals surface area contributed by atoms with Gasteiger partial charge >= 0.3 is 5.97 Å². The van der Waals surface area contributed by atoms with Gasteiger partial charge in [-0.2, -0.15) is 0 Å². The van der Waals surface area contributed by atoms with Crippen LogP contribution in [-0.2, 0) is 4.74 Å². The zero-order chi connectivity index (χ0) is 16.1. The number of ether oxygens (including phenoxy) is 3. The number of hydrogen-bond acceptors (Lipinski definition) is 5. The van der Waals surface area contributed by atoms with Gasteiger partial charge in [0.15, 0.2) is 17.3 Å². The number of benzene rings is 2. The normalized spacial score (nSPS) is 20.3. The van der Waals surface area contributed by atoms with E-state index in [0.717, 1.165) is 11.1 Å². The molecule has 0 N–H and O–H groups in total. The Morgan fingerprint density at radius 3 is 2.61 bits per heavy atom. The van der Waals surface area contributed by atoms with Gasteiger partial charge < -0.3 is 14.2 Å². The molecule has 4 rings (SSSR count). The number of carbonyl (C=O) groups excluding carboxylic acids is 2. The van der Waals surface area contributed by atoms with Gasteiger partial charge in [0, 0.05) is 11.1 Å². The first-order valence-corrected chi connectivity index (χ1v) is 7.25. The van der Waals surface area contributed by atoms with Crippen LogP contribution >= 0.6 is 0 Å². The van der Waals surface area contributed by atoms with Crippen molar-refractivity contribution in [1.29, 1.82) is 0 Å². The van der Waals surface area contributed by atoms with Gasteiger partial charge in [-0.25, -0.2) is 4.79 Å². The van der Waals surface area contributed by atoms with E-state index in [-0.39, 0.29) is 11.8 Å². The average Bonchev–Trinajstić information content (AvgIpc) is 2.89. The highest BCUT2D eigenvalue weighted by molar-refractivity contribution is 6.07. The number of carbonyl (C=O) groups is 2. The maximum Gasteiger partial charge on any atom is 0.339 e. The second kappa shape index (κ2) is 4.84. The molecule has 2 aromatic rings. The quantitative estimate of drug-likeness (QED) is 0.642. The van der Waals surface area contributed by atoms with Gasteiger partial charge in [-0.1, -0.05) is 12.1 Å². The molecule has 1 aliphatic carbocycles. The van der Waals surface area contributed by atoms with Crippen molar-refractivity contribution in [3.63, 3.8) is 0 Å². The van der Waals surface area contributed by atoms with E-state index in [0.29, 0.717) is 22.6 Å². The van der Waals surface area contributed by atoms with Gasteiger partial charge in [-0.3, -0.25) is 4.79 Å². The number of methoxy groups -OCH3 is 2. The lowest BCUT2D eigenvalue weighted by atomic mass is 9.70. The fourth-order valence-electron chi connectivity index (χ4n) is 3.34. The molecule has 0 aromatic heterocycles. The first-order valence-electron chi connectivity index (χ1n) is 7.25. The minimum Gasteiger partial charge on any atom is -0.493 e. The van der Waals surface area contributed by atoms with Crippen LogP contribution in [0.25, 0.3) is 0 Å². The van der Waals surface area contributed by atoms with Crippen molar-refractivity contribution in [3.8, 4) is 11.5 Å². The molecule has 0 fully saturated rings. The predicted molar refractivity (Wildman–Crippen MR) is 81.2 cm³/mol. The van der Waals surface area contributed by atoms with E-state index in [1.165, 1.54) is 7.11 Å². The van der Waals surface area contributed by atoms with E-state index in [2.05, 4.69) is 0 Å². The Hall–Kier alpha value is -2.82. The zero-order valence-corrected chi connectivity index (χ0v) is 12.7. The summed E-state index contributed by atoms with van der Waals surface area (Å²) in [5, 5.41) is 0. The van der Waals surface area contributed by atoms with Crippen LogP contribution in [0.1, 0.15) is 43.9 Å². The number of ketones is 1. The summed E-state index contributed by atoms with van der Waals surface area (Å²) in [6.07, 6.45) is -0.464. The van der Waals surface area contributed by atoms with Crippen LogP contribution in [0.5, 0.6) is 11.5 Å². The highest BCUT2D eigenvalue weighted by atomic mass is 16.6. The minimum absolute atomic E-state index is 0.0877. The van der Waals surface area contributed by atoms with Crippen LogP contribution in [-0.4, -0.2) is 26.0 Å². The summed E-state index contributed by atoms with van der Waals surface area (Å²) in [4.78, 5) is 24.7. The molecular weight excluding hydrogens is 296 g/mol. The molecular formula is C18H14O5. The number of esters is 1. The Bertz CT molecular complexity index is 839. The topological polar surface area (TPSA) is 61.8 Å². The van der Waals surface area contributed by atoms with Crippen LogP contribution < -0.4 is 9.47 Å². The first kappa shape index (κ1) is 13.8. The SMILES string of the molecule is COc1ccc(C(=O)C2c3cccc4c3C2OC4=O)cc1OC. The number of rotatable bonds is 4. The Morgan fingerprint density at radius 2 is 1.87 bits per heavy atom. The third-order valence-corrected chi connectivity index (χ3v) is 4.47. The summed E-state index contributed by atoms with van der Waals surface area (Å²) < 4.78 is 15.8. The first-order chi connectivity index (χ1) is 11.2.